The molecule has 1 fully saturated rings. The molecule has 0 saturated carbocycles. The van der Waals surface area contributed by atoms with Crippen molar-refractivity contribution in [2.45, 2.75) is 37.0 Å². The van der Waals surface area contributed by atoms with Crippen LogP contribution in [0, 0.1) is 0 Å². The van der Waals surface area contributed by atoms with E-state index in [1.165, 1.54) is 18.2 Å². The van der Waals surface area contributed by atoms with Gasteiger partial charge in [0.25, 0.3) is 0 Å². The first kappa shape index (κ1) is 21.5. The fourth-order valence-corrected chi connectivity index (χ4v) is 4.21. The Hall–Kier alpha value is -3.37. The zero-order chi connectivity index (χ0) is 22.8. The van der Waals surface area contributed by atoms with E-state index >= 15 is 0 Å². The number of hydrogen-bond donors (Lipinski definition) is 4. The van der Waals surface area contributed by atoms with Crippen LogP contribution in [0.1, 0.15) is 23.4 Å². The van der Waals surface area contributed by atoms with E-state index in [0.29, 0.717) is 17.0 Å². The minimum atomic E-state index is -1.22. The van der Waals surface area contributed by atoms with Crippen molar-refractivity contribution < 1.29 is 20.1 Å². The number of benzene rings is 2. The first-order valence-electron chi connectivity index (χ1n) is 10.8. The van der Waals surface area contributed by atoms with Gasteiger partial charge in [-0.2, -0.15) is 0 Å². The van der Waals surface area contributed by atoms with Crippen molar-refractivity contribution in [2.75, 3.05) is 11.9 Å². The lowest BCUT2D eigenvalue weighted by Gasteiger charge is -2.20. The lowest BCUT2D eigenvalue weighted by molar-refractivity contribution is -0.0511. The maximum Gasteiger partial charge on any atom is 0.167 e. The summed E-state index contributed by atoms with van der Waals surface area (Å²) < 4.78 is 7.21. The summed E-state index contributed by atoms with van der Waals surface area (Å²) in [6.45, 7) is -0.401. The van der Waals surface area contributed by atoms with E-state index in [-0.39, 0.29) is 6.04 Å². The number of hydrogen-bond acceptors (Lipinski definition) is 8. The highest BCUT2D eigenvalue weighted by Gasteiger charge is 2.44. The molecule has 0 bridgehead atoms. The normalized spacial score (nSPS) is 23.6. The number of nitrogens with zero attached hydrogens (tertiary/aromatic N) is 4. The van der Waals surface area contributed by atoms with E-state index in [1.807, 2.05) is 36.4 Å². The van der Waals surface area contributed by atoms with E-state index in [0.717, 1.165) is 12.0 Å². The Balaban J connectivity index is 1.48. The molecule has 1 unspecified atom stereocenters. The Morgan fingerprint density at radius 3 is 2.36 bits per heavy atom. The maximum atomic E-state index is 10.4. The second-order valence-electron chi connectivity index (χ2n) is 8.07. The summed E-state index contributed by atoms with van der Waals surface area (Å²) in [5.41, 5.74) is 3.26. The van der Waals surface area contributed by atoms with Crippen molar-refractivity contribution in [1.82, 2.24) is 19.5 Å². The fraction of sp³-hybridized carbons (Fsp3) is 0.292. The highest BCUT2D eigenvalue weighted by atomic mass is 16.6. The van der Waals surface area contributed by atoms with Gasteiger partial charge in [0.2, 0.25) is 0 Å². The van der Waals surface area contributed by atoms with Gasteiger partial charge in [-0.05, 0) is 17.5 Å². The van der Waals surface area contributed by atoms with E-state index < -0.39 is 31.1 Å². The van der Waals surface area contributed by atoms with Crippen LogP contribution in [0.4, 0.5) is 5.82 Å². The molecule has 9 heteroatoms. The number of nitrogens with one attached hydrogen (secondary N) is 1. The van der Waals surface area contributed by atoms with Gasteiger partial charge in [0.15, 0.2) is 23.2 Å². The van der Waals surface area contributed by atoms with Gasteiger partial charge in [0.1, 0.15) is 24.6 Å². The molecular weight excluding hydrogens is 422 g/mol. The number of ether oxygens (including phenoxy) is 1. The first-order valence-corrected chi connectivity index (χ1v) is 10.8. The van der Waals surface area contributed by atoms with Crippen molar-refractivity contribution >= 4 is 17.0 Å². The fourth-order valence-electron chi connectivity index (χ4n) is 4.21. The Kier molecular flexibility index (Phi) is 6.01. The molecule has 0 aliphatic carbocycles. The Labute approximate surface area is 190 Å². The number of rotatable bonds is 7. The summed E-state index contributed by atoms with van der Waals surface area (Å²) in [4.78, 5) is 13.2. The molecule has 0 amide bonds. The van der Waals surface area contributed by atoms with Crippen molar-refractivity contribution in [3.8, 4) is 0 Å². The standard InChI is InChI=1S/C24H25N5O4/c30-12-18-20(31)21(32)24(33-18)29-14-27-19-22(25-13-26-23(19)29)28-17(16-9-5-2-6-10-16)11-15-7-3-1-4-8-15/h1-10,13-14,17-18,20-21,24,30-32H,11-12H2,(H,25,26,28)/t17?,18-,20-,21-,24-/m1/s1. The van der Waals surface area contributed by atoms with Crippen LogP contribution in [0.25, 0.3) is 11.2 Å². The number of aromatic nitrogens is 4. The topological polar surface area (TPSA) is 126 Å². The molecule has 0 radical (unpaired) electrons. The van der Waals surface area contributed by atoms with E-state index in [9.17, 15) is 15.3 Å². The summed E-state index contributed by atoms with van der Waals surface area (Å²) in [5, 5.41) is 33.5. The van der Waals surface area contributed by atoms with Crippen molar-refractivity contribution in [3.63, 3.8) is 0 Å². The average molecular weight is 447 g/mol. The molecule has 1 aliphatic rings. The molecule has 170 valence electrons. The molecule has 2 aromatic carbocycles. The molecule has 4 aromatic rings. The zero-order valence-electron chi connectivity index (χ0n) is 17.8. The van der Waals surface area contributed by atoms with Gasteiger partial charge in [0.05, 0.1) is 19.0 Å². The molecule has 0 spiro atoms. The molecule has 5 rings (SSSR count). The number of imidazole rings is 1. The Morgan fingerprint density at radius 2 is 1.67 bits per heavy atom. The second kappa shape index (κ2) is 9.24. The van der Waals surface area contributed by atoms with Crippen LogP contribution >= 0.6 is 0 Å². The number of fused-ring (bicyclic) bond motifs is 1. The minimum Gasteiger partial charge on any atom is -0.394 e. The third-order valence-corrected chi connectivity index (χ3v) is 5.95. The molecule has 2 aromatic heterocycles. The highest BCUT2D eigenvalue weighted by Crippen LogP contribution is 2.33. The van der Waals surface area contributed by atoms with E-state index in [1.54, 1.807) is 4.57 Å². The predicted molar refractivity (Wildman–Crippen MR) is 121 cm³/mol. The van der Waals surface area contributed by atoms with Gasteiger partial charge in [-0.3, -0.25) is 4.57 Å². The number of aliphatic hydroxyl groups is 3. The quantitative estimate of drug-likeness (QED) is 0.338. The van der Waals surface area contributed by atoms with Crippen LogP contribution in [0.3, 0.4) is 0 Å². The highest BCUT2D eigenvalue weighted by molar-refractivity contribution is 5.83. The SMILES string of the molecule is OC[C@H]1O[C@@H](n2cnc3c(NC(Cc4ccccc4)c4ccccc4)ncnc32)[C@H](O)[C@@H]1O. The first-order chi connectivity index (χ1) is 16.2. The van der Waals surface area contributed by atoms with Crippen molar-refractivity contribution in [3.05, 3.63) is 84.4 Å². The zero-order valence-corrected chi connectivity index (χ0v) is 17.8. The van der Waals surface area contributed by atoms with Crippen LogP contribution in [0.5, 0.6) is 0 Å². The van der Waals surface area contributed by atoms with Gasteiger partial charge in [-0.15, -0.1) is 0 Å². The minimum absolute atomic E-state index is 0.0641. The lowest BCUT2D eigenvalue weighted by atomic mass is 9.99. The Morgan fingerprint density at radius 1 is 0.939 bits per heavy atom. The van der Waals surface area contributed by atoms with E-state index in [2.05, 4.69) is 44.5 Å². The predicted octanol–water partition coefficient (Wildman–Crippen LogP) is 1.83. The summed E-state index contributed by atoms with van der Waals surface area (Å²) in [7, 11) is 0. The van der Waals surface area contributed by atoms with E-state index in [4.69, 9.17) is 4.74 Å². The summed E-state index contributed by atoms with van der Waals surface area (Å²) >= 11 is 0. The average Bonchev–Trinajstić information content (AvgIpc) is 3.41. The summed E-state index contributed by atoms with van der Waals surface area (Å²) in [6, 6.07) is 20.3. The van der Waals surface area contributed by atoms with Crippen molar-refractivity contribution in [1.29, 1.82) is 0 Å². The van der Waals surface area contributed by atoms with Crippen LogP contribution < -0.4 is 5.32 Å². The summed E-state index contributed by atoms with van der Waals surface area (Å²) in [6.07, 6.45) is -0.555. The third-order valence-electron chi connectivity index (χ3n) is 5.95. The smallest absolute Gasteiger partial charge is 0.167 e. The molecule has 33 heavy (non-hydrogen) atoms. The third kappa shape index (κ3) is 4.19. The van der Waals surface area contributed by atoms with Crippen LogP contribution in [-0.4, -0.2) is 59.8 Å². The second-order valence-corrected chi connectivity index (χ2v) is 8.07. The van der Waals surface area contributed by atoms with Crippen molar-refractivity contribution in [2.24, 2.45) is 0 Å². The van der Waals surface area contributed by atoms with Gasteiger partial charge < -0.3 is 25.4 Å². The largest absolute Gasteiger partial charge is 0.394 e. The van der Waals surface area contributed by atoms with Crippen LogP contribution in [0.2, 0.25) is 0 Å². The van der Waals surface area contributed by atoms with Gasteiger partial charge in [0, 0.05) is 0 Å². The van der Waals surface area contributed by atoms with Gasteiger partial charge in [-0.1, -0.05) is 60.7 Å². The maximum absolute atomic E-state index is 10.4. The van der Waals surface area contributed by atoms with Crippen LogP contribution in [0.15, 0.2) is 73.3 Å². The van der Waals surface area contributed by atoms with Gasteiger partial charge >= 0.3 is 0 Å². The number of anilines is 1. The summed E-state index contributed by atoms with van der Waals surface area (Å²) in [5.74, 6) is 0.551. The lowest BCUT2D eigenvalue weighted by Crippen LogP contribution is -2.33. The molecular formula is C24H25N5O4. The van der Waals surface area contributed by atoms with Crippen LogP contribution in [-0.2, 0) is 11.2 Å². The molecule has 1 aliphatic heterocycles. The Bertz CT molecular complexity index is 1200. The number of aliphatic hydroxyl groups excluding tert-OH is 3. The molecule has 5 atom stereocenters. The monoisotopic (exact) mass is 447 g/mol. The van der Waals surface area contributed by atoms with Gasteiger partial charge in [-0.25, -0.2) is 15.0 Å². The molecule has 9 nitrogen and oxygen atoms in total. The molecule has 3 heterocycles. The molecule has 1 saturated heterocycles. The molecule has 4 N–H and O–H groups in total.